The predicted octanol–water partition coefficient (Wildman–Crippen LogP) is 0.662. The molecule has 1 rings (SSSR count). The van der Waals surface area contributed by atoms with Crippen molar-refractivity contribution in [2.24, 2.45) is 0 Å². The summed E-state index contributed by atoms with van der Waals surface area (Å²) in [6, 6.07) is 0.187. The number of aromatic nitrogens is 1. The molecule has 1 aromatic rings. The van der Waals surface area contributed by atoms with Crippen LogP contribution in [-0.4, -0.2) is 55.9 Å². The minimum atomic E-state index is -3.11. The van der Waals surface area contributed by atoms with Gasteiger partial charge < -0.3 is 16.0 Å². The van der Waals surface area contributed by atoms with Crippen molar-refractivity contribution < 1.29 is 13.2 Å². The summed E-state index contributed by atoms with van der Waals surface area (Å²) in [5, 5.41) is 3.66. The average molecular weight is 320 g/mol. The fraction of sp³-hybridized carbons (Fsp3) is 0.636. The lowest BCUT2D eigenvalue weighted by molar-refractivity contribution is 0.0809. The number of amides is 1. The van der Waals surface area contributed by atoms with Gasteiger partial charge >= 0.3 is 0 Å². The van der Waals surface area contributed by atoms with E-state index in [1.165, 1.54) is 16.2 Å². The van der Waals surface area contributed by atoms with Gasteiger partial charge in [-0.15, -0.1) is 0 Å². The van der Waals surface area contributed by atoms with Crippen LogP contribution in [0.5, 0.6) is 0 Å². The third kappa shape index (κ3) is 4.97. The molecular formula is C11H20N4O3S2. The van der Waals surface area contributed by atoms with E-state index in [1.807, 2.05) is 13.8 Å². The highest BCUT2D eigenvalue weighted by molar-refractivity contribution is 7.90. The maximum Gasteiger partial charge on any atom is 0.267 e. The van der Waals surface area contributed by atoms with E-state index in [0.29, 0.717) is 10.0 Å². The lowest BCUT2D eigenvalue weighted by Crippen LogP contribution is -2.31. The second-order valence-electron chi connectivity index (χ2n) is 4.89. The lowest BCUT2D eigenvalue weighted by Gasteiger charge is -2.15. The largest absolute Gasteiger partial charge is 0.382 e. The highest BCUT2D eigenvalue weighted by Crippen LogP contribution is 2.26. The Balaban J connectivity index is 2.78. The predicted molar refractivity (Wildman–Crippen MR) is 82.0 cm³/mol. The number of sulfone groups is 1. The number of thiazole rings is 1. The Kier molecular flexibility index (Phi) is 5.35. The van der Waals surface area contributed by atoms with Crippen LogP contribution >= 0.6 is 11.3 Å². The molecule has 0 bridgehead atoms. The number of hydrogen-bond donors (Lipinski definition) is 2. The Bertz CT molecular complexity index is 580. The van der Waals surface area contributed by atoms with E-state index in [9.17, 15) is 13.2 Å². The van der Waals surface area contributed by atoms with Crippen molar-refractivity contribution in [2.45, 2.75) is 19.9 Å². The summed E-state index contributed by atoms with van der Waals surface area (Å²) in [6.45, 7) is 4.04. The lowest BCUT2D eigenvalue weighted by atomic mass is 10.4. The van der Waals surface area contributed by atoms with E-state index in [2.05, 4.69) is 10.3 Å². The molecule has 1 heterocycles. The summed E-state index contributed by atoms with van der Waals surface area (Å²) in [5.41, 5.74) is 5.73. The van der Waals surface area contributed by atoms with Gasteiger partial charge in [-0.2, -0.15) is 0 Å². The van der Waals surface area contributed by atoms with Crippen molar-refractivity contribution in [3.63, 3.8) is 0 Å². The number of nitrogens with two attached hydrogens (primary N) is 1. The van der Waals surface area contributed by atoms with Crippen LogP contribution in [-0.2, 0) is 9.84 Å². The van der Waals surface area contributed by atoms with Gasteiger partial charge in [0.2, 0.25) is 0 Å². The van der Waals surface area contributed by atoms with Gasteiger partial charge in [-0.3, -0.25) is 4.79 Å². The van der Waals surface area contributed by atoms with Crippen LogP contribution in [0.15, 0.2) is 0 Å². The van der Waals surface area contributed by atoms with Crippen LogP contribution in [0.1, 0.15) is 23.5 Å². The Hall–Kier alpha value is -1.35. The van der Waals surface area contributed by atoms with Crippen molar-refractivity contribution in [3.8, 4) is 0 Å². The molecule has 0 unspecified atom stereocenters. The molecule has 3 N–H and O–H groups in total. The molecule has 0 spiro atoms. The van der Waals surface area contributed by atoms with E-state index in [-0.39, 0.29) is 30.1 Å². The van der Waals surface area contributed by atoms with Gasteiger partial charge in [-0.25, -0.2) is 13.4 Å². The van der Waals surface area contributed by atoms with Gasteiger partial charge in [0.25, 0.3) is 5.91 Å². The maximum absolute atomic E-state index is 12.2. The van der Waals surface area contributed by atoms with Crippen molar-refractivity contribution in [1.82, 2.24) is 9.88 Å². The van der Waals surface area contributed by atoms with E-state index in [1.54, 1.807) is 7.05 Å². The van der Waals surface area contributed by atoms with Crippen molar-refractivity contribution >= 4 is 38.0 Å². The van der Waals surface area contributed by atoms with Crippen LogP contribution in [0.4, 0.5) is 10.9 Å². The minimum Gasteiger partial charge on any atom is -0.382 e. The first kappa shape index (κ1) is 16.7. The number of nitrogens with zero attached hydrogens (tertiary/aromatic N) is 2. The number of anilines is 2. The van der Waals surface area contributed by atoms with E-state index in [0.717, 1.165) is 6.26 Å². The van der Waals surface area contributed by atoms with E-state index < -0.39 is 9.84 Å². The molecule has 0 aliphatic carbocycles. The minimum absolute atomic E-state index is 0.0783. The SMILES string of the molecule is CC(C)Nc1nc(N)c(C(=O)N(C)CCS(C)(=O)=O)s1. The van der Waals surface area contributed by atoms with E-state index in [4.69, 9.17) is 5.73 Å². The third-order valence-electron chi connectivity index (χ3n) is 2.40. The first-order valence-electron chi connectivity index (χ1n) is 6.06. The molecule has 114 valence electrons. The number of carbonyl (C=O) groups excluding carboxylic acids is 1. The average Bonchev–Trinajstić information content (AvgIpc) is 2.64. The molecule has 0 aromatic carbocycles. The fourth-order valence-electron chi connectivity index (χ4n) is 1.37. The summed E-state index contributed by atoms with van der Waals surface area (Å²) in [4.78, 5) is 17.9. The smallest absolute Gasteiger partial charge is 0.267 e. The van der Waals surface area contributed by atoms with Crippen LogP contribution in [0.3, 0.4) is 0 Å². The number of nitrogens with one attached hydrogen (secondary N) is 1. The fourth-order valence-corrected chi connectivity index (χ4v) is 3.00. The van der Waals surface area contributed by atoms with Gasteiger partial charge in [0.15, 0.2) is 5.13 Å². The summed E-state index contributed by atoms with van der Waals surface area (Å²) in [7, 11) is -1.56. The standard InChI is InChI=1S/C11H20N4O3S2/c1-7(2)13-11-14-9(12)8(19-11)10(16)15(3)5-6-20(4,17)18/h7H,5-6,12H2,1-4H3,(H,13,14). The van der Waals surface area contributed by atoms with Crippen molar-refractivity contribution in [1.29, 1.82) is 0 Å². The molecule has 0 atom stereocenters. The van der Waals surface area contributed by atoms with Crippen LogP contribution < -0.4 is 11.1 Å². The molecule has 9 heteroatoms. The van der Waals surface area contributed by atoms with Crippen LogP contribution in [0.2, 0.25) is 0 Å². The van der Waals surface area contributed by atoms with Crippen LogP contribution in [0.25, 0.3) is 0 Å². The molecule has 0 aliphatic rings. The Morgan fingerprint density at radius 2 is 2.10 bits per heavy atom. The third-order valence-corrected chi connectivity index (χ3v) is 4.32. The molecule has 20 heavy (non-hydrogen) atoms. The van der Waals surface area contributed by atoms with Gasteiger partial charge in [0.1, 0.15) is 20.5 Å². The van der Waals surface area contributed by atoms with Gasteiger partial charge in [0.05, 0.1) is 5.75 Å². The molecule has 1 amide bonds. The van der Waals surface area contributed by atoms with E-state index >= 15 is 0 Å². The second-order valence-corrected chi connectivity index (χ2v) is 8.15. The number of carbonyl (C=O) groups is 1. The zero-order valence-corrected chi connectivity index (χ0v) is 13.6. The van der Waals surface area contributed by atoms with Gasteiger partial charge in [-0.05, 0) is 13.8 Å². The summed E-state index contributed by atoms with van der Waals surface area (Å²) in [5.74, 6) is -0.236. The zero-order chi connectivity index (χ0) is 15.5. The zero-order valence-electron chi connectivity index (χ0n) is 12.0. The molecule has 0 saturated carbocycles. The first-order valence-corrected chi connectivity index (χ1v) is 8.94. The Morgan fingerprint density at radius 1 is 1.50 bits per heavy atom. The maximum atomic E-state index is 12.2. The summed E-state index contributed by atoms with van der Waals surface area (Å²) in [6.07, 6.45) is 1.14. The molecule has 0 radical (unpaired) electrons. The highest BCUT2D eigenvalue weighted by Gasteiger charge is 2.20. The second kappa shape index (κ2) is 6.40. The molecule has 0 aliphatic heterocycles. The summed E-state index contributed by atoms with van der Waals surface area (Å²) < 4.78 is 22.2. The Labute approximate surface area is 123 Å². The van der Waals surface area contributed by atoms with Gasteiger partial charge in [-0.1, -0.05) is 11.3 Å². The molecular weight excluding hydrogens is 300 g/mol. The van der Waals surface area contributed by atoms with Crippen molar-refractivity contribution in [3.05, 3.63) is 4.88 Å². The molecule has 1 aromatic heterocycles. The molecule has 7 nitrogen and oxygen atoms in total. The Morgan fingerprint density at radius 3 is 2.60 bits per heavy atom. The first-order chi connectivity index (χ1) is 9.10. The topological polar surface area (TPSA) is 105 Å². The van der Waals surface area contributed by atoms with Crippen LogP contribution in [0, 0.1) is 0 Å². The monoisotopic (exact) mass is 320 g/mol. The van der Waals surface area contributed by atoms with Crippen molar-refractivity contribution in [2.75, 3.05) is 36.7 Å². The normalized spacial score (nSPS) is 11.7. The number of rotatable bonds is 6. The number of nitrogen functional groups attached to an aromatic ring is 1. The molecule has 0 fully saturated rings. The quantitative estimate of drug-likeness (QED) is 0.798. The molecule has 0 saturated heterocycles. The number of hydrogen-bond acceptors (Lipinski definition) is 7. The summed E-state index contributed by atoms with van der Waals surface area (Å²) >= 11 is 1.17. The highest BCUT2D eigenvalue weighted by atomic mass is 32.2. The van der Waals surface area contributed by atoms with Gasteiger partial charge in [0, 0.05) is 25.9 Å².